The Labute approximate surface area is 143 Å². The number of rotatable bonds is 3. The van der Waals surface area contributed by atoms with Crippen molar-refractivity contribution >= 4 is 17.5 Å². The van der Waals surface area contributed by atoms with Gasteiger partial charge in [-0.1, -0.05) is 6.92 Å². The van der Waals surface area contributed by atoms with Gasteiger partial charge < -0.3 is 25.4 Å². The first kappa shape index (κ1) is 18.3. The number of aromatic nitrogens is 1. The zero-order chi connectivity index (χ0) is 17.9. The summed E-state index contributed by atoms with van der Waals surface area (Å²) in [5.74, 6) is 0.219. The summed E-state index contributed by atoms with van der Waals surface area (Å²) in [6.45, 7) is 9.01. The smallest absolute Gasteiger partial charge is 0.408 e. The molecule has 3 N–H and O–H groups in total. The van der Waals surface area contributed by atoms with Crippen molar-refractivity contribution in [2.75, 3.05) is 30.8 Å². The number of nitrogens with zero attached hydrogens (tertiary/aromatic N) is 2. The zero-order valence-electron chi connectivity index (χ0n) is 15.1. The number of amides is 1. The Morgan fingerprint density at radius 2 is 2.12 bits per heavy atom. The van der Waals surface area contributed by atoms with Crippen LogP contribution in [-0.4, -0.2) is 49.0 Å². The summed E-state index contributed by atoms with van der Waals surface area (Å²) < 4.78 is 11.0. The van der Waals surface area contributed by atoms with E-state index in [9.17, 15) is 4.79 Å². The molecule has 0 radical (unpaired) electrons. The van der Waals surface area contributed by atoms with E-state index < -0.39 is 11.7 Å². The van der Waals surface area contributed by atoms with E-state index in [0.29, 0.717) is 12.2 Å². The molecule has 134 valence electrons. The van der Waals surface area contributed by atoms with Crippen molar-refractivity contribution in [2.45, 2.75) is 45.4 Å². The normalized spacial score (nSPS) is 24.5. The van der Waals surface area contributed by atoms with E-state index in [1.54, 1.807) is 19.5 Å². The number of nitrogen functional groups attached to an aromatic ring is 1. The molecule has 1 aromatic heterocycles. The molecule has 2 heterocycles. The molecule has 1 amide bonds. The van der Waals surface area contributed by atoms with E-state index in [1.165, 1.54) is 0 Å². The molecule has 7 nitrogen and oxygen atoms in total. The number of carbonyl (C=O) groups is 1. The highest BCUT2D eigenvalue weighted by atomic mass is 16.6. The Bertz CT molecular complexity index is 573. The van der Waals surface area contributed by atoms with Crippen molar-refractivity contribution < 1.29 is 14.3 Å². The average molecular weight is 336 g/mol. The summed E-state index contributed by atoms with van der Waals surface area (Å²) in [5.41, 5.74) is 7.05. The minimum atomic E-state index is -0.540. The predicted octanol–water partition coefficient (Wildman–Crippen LogP) is 2.03. The van der Waals surface area contributed by atoms with Gasteiger partial charge in [0.25, 0.3) is 0 Å². The van der Waals surface area contributed by atoms with Gasteiger partial charge in [-0.3, -0.25) is 4.98 Å². The Morgan fingerprint density at radius 1 is 1.42 bits per heavy atom. The van der Waals surface area contributed by atoms with Gasteiger partial charge in [0.1, 0.15) is 5.60 Å². The standard InChI is InChI=1S/C17H28N4O3/c1-11-9-21(14-6-7-19-8-12(14)18)10-13(15(11)23-5)20-16(22)24-17(2,3)4/h6-8,11,13,15H,9-10,18H2,1-5H3,(H,20,22). The van der Waals surface area contributed by atoms with E-state index in [-0.39, 0.29) is 18.1 Å². The molecule has 24 heavy (non-hydrogen) atoms. The lowest BCUT2D eigenvalue weighted by Crippen LogP contribution is -2.59. The van der Waals surface area contributed by atoms with Crippen LogP contribution in [0.4, 0.5) is 16.2 Å². The van der Waals surface area contributed by atoms with E-state index in [0.717, 1.165) is 12.2 Å². The van der Waals surface area contributed by atoms with Crippen molar-refractivity contribution in [1.29, 1.82) is 0 Å². The summed E-state index contributed by atoms with van der Waals surface area (Å²) in [5, 5.41) is 2.94. The monoisotopic (exact) mass is 336 g/mol. The van der Waals surface area contributed by atoms with Crippen LogP contribution in [0, 0.1) is 5.92 Å². The molecule has 1 aliphatic heterocycles. The Balaban J connectivity index is 2.15. The molecular weight excluding hydrogens is 308 g/mol. The van der Waals surface area contributed by atoms with Crippen LogP contribution < -0.4 is 16.0 Å². The lowest BCUT2D eigenvalue weighted by Gasteiger charge is -2.43. The first-order valence-corrected chi connectivity index (χ1v) is 8.18. The van der Waals surface area contributed by atoms with Gasteiger partial charge in [0.2, 0.25) is 0 Å². The molecule has 0 spiro atoms. The maximum atomic E-state index is 12.2. The maximum Gasteiger partial charge on any atom is 0.408 e. The minimum Gasteiger partial charge on any atom is -0.444 e. The highest BCUT2D eigenvalue weighted by Crippen LogP contribution is 2.28. The number of anilines is 2. The van der Waals surface area contributed by atoms with Crippen LogP contribution in [0.2, 0.25) is 0 Å². The van der Waals surface area contributed by atoms with E-state index in [4.69, 9.17) is 15.2 Å². The molecule has 1 saturated heterocycles. The van der Waals surface area contributed by atoms with Gasteiger partial charge in [0.05, 0.1) is 29.7 Å². The number of nitrogens with one attached hydrogen (secondary N) is 1. The van der Waals surface area contributed by atoms with Crippen LogP contribution in [-0.2, 0) is 9.47 Å². The fraction of sp³-hybridized carbons (Fsp3) is 0.647. The molecule has 1 aliphatic rings. The highest BCUT2D eigenvalue weighted by Gasteiger charge is 2.37. The maximum absolute atomic E-state index is 12.2. The second-order valence-corrected chi connectivity index (χ2v) is 7.27. The summed E-state index contributed by atoms with van der Waals surface area (Å²) in [7, 11) is 1.67. The summed E-state index contributed by atoms with van der Waals surface area (Å²) in [6, 6.07) is 1.70. The van der Waals surface area contributed by atoms with E-state index >= 15 is 0 Å². The number of nitrogens with two attached hydrogens (primary N) is 1. The van der Waals surface area contributed by atoms with Gasteiger partial charge in [0.15, 0.2) is 0 Å². The van der Waals surface area contributed by atoms with Crippen molar-refractivity contribution in [1.82, 2.24) is 10.3 Å². The Morgan fingerprint density at radius 3 is 2.71 bits per heavy atom. The summed E-state index contributed by atoms with van der Waals surface area (Å²) in [4.78, 5) is 18.3. The number of ether oxygens (including phenoxy) is 2. The van der Waals surface area contributed by atoms with Crippen LogP contribution in [0.15, 0.2) is 18.5 Å². The van der Waals surface area contributed by atoms with Gasteiger partial charge >= 0.3 is 6.09 Å². The molecule has 1 fully saturated rings. The third kappa shape index (κ3) is 4.50. The van der Waals surface area contributed by atoms with Crippen LogP contribution >= 0.6 is 0 Å². The number of hydrogen-bond donors (Lipinski definition) is 2. The molecule has 0 aliphatic carbocycles. The van der Waals surface area contributed by atoms with Crippen LogP contribution in [0.5, 0.6) is 0 Å². The van der Waals surface area contributed by atoms with Crippen LogP contribution in [0.1, 0.15) is 27.7 Å². The molecule has 1 aromatic rings. The first-order chi connectivity index (χ1) is 11.2. The number of pyridine rings is 1. The number of carbonyl (C=O) groups excluding carboxylic acids is 1. The molecule has 3 atom stereocenters. The van der Waals surface area contributed by atoms with Gasteiger partial charge in [-0.05, 0) is 26.8 Å². The van der Waals surface area contributed by atoms with Crippen molar-refractivity contribution in [3.05, 3.63) is 18.5 Å². The van der Waals surface area contributed by atoms with Gasteiger partial charge in [0, 0.05) is 32.3 Å². The van der Waals surface area contributed by atoms with Crippen molar-refractivity contribution in [3.8, 4) is 0 Å². The van der Waals surface area contributed by atoms with E-state index in [2.05, 4.69) is 22.1 Å². The van der Waals surface area contributed by atoms with E-state index in [1.807, 2.05) is 26.8 Å². The summed E-state index contributed by atoms with van der Waals surface area (Å²) in [6.07, 6.45) is 2.83. The lowest BCUT2D eigenvalue weighted by molar-refractivity contribution is 0.00770. The first-order valence-electron chi connectivity index (χ1n) is 8.18. The average Bonchev–Trinajstić information content (AvgIpc) is 2.45. The number of piperidine rings is 1. The van der Waals surface area contributed by atoms with Crippen molar-refractivity contribution in [3.63, 3.8) is 0 Å². The number of methoxy groups -OCH3 is 1. The van der Waals surface area contributed by atoms with Gasteiger partial charge in [-0.2, -0.15) is 0 Å². The molecule has 2 rings (SSSR count). The molecule has 0 bridgehead atoms. The third-order valence-corrected chi connectivity index (χ3v) is 4.03. The third-order valence-electron chi connectivity index (χ3n) is 4.03. The second-order valence-electron chi connectivity index (χ2n) is 7.27. The Kier molecular flexibility index (Phi) is 5.54. The quantitative estimate of drug-likeness (QED) is 0.878. The minimum absolute atomic E-state index is 0.0863. The largest absolute Gasteiger partial charge is 0.444 e. The van der Waals surface area contributed by atoms with Crippen LogP contribution in [0.25, 0.3) is 0 Å². The lowest BCUT2D eigenvalue weighted by atomic mass is 9.91. The summed E-state index contributed by atoms with van der Waals surface area (Å²) >= 11 is 0. The number of hydrogen-bond acceptors (Lipinski definition) is 6. The Hall–Kier alpha value is -2.02. The van der Waals surface area contributed by atoms with Gasteiger partial charge in [-0.15, -0.1) is 0 Å². The molecular formula is C17H28N4O3. The molecule has 0 saturated carbocycles. The van der Waals surface area contributed by atoms with Crippen molar-refractivity contribution in [2.24, 2.45) is 5.92 Å². The molecule has 0 aromatic carbocycles. The zero-order valence-corrected chi connectivity index (χ0v) is 15.1. The predicted molar refractivity (Wildman–Crippen MR) is 94.0 cm³/mol. The fourth-order valence-electron chi connectivity index (χ4n) is 3.13. The molecule has 7 heteroatoms. The highest BCUT2D eigenvalue weighted by molar-refractivity contribution is 5.69. The molecule has 3 unspecified atom stereocenters. The van der Waals surface area contributed by atoms with Crippen LogP contribution in [0.3, 0.4) is 0 Å². The number of alkyl carbamates (subject to hydrolysis) is 1. The second kappa shape index (κ2) is 7.25. The topological polar surface area (TPSA) is 89.7 Å². The SMILES string of the molecule is COC1C(C)CN(c2ccncc2N)CC1NC(=O)OC(C)(C)C. The fourth-order valence-corrected chi connectivity index (χ4v) is 3.13. The van der Waals surface area contributed by atoms with Gasteiger partial charge in [-0.25, -0.2) is 4.79 Å².